The Balaban J connectivity index is 0.000000810. The molecule has 10 heavy (non-hydrogen) atoms. The van der Waals surface area contributed by atoms with Crippen LogP contribution in [0.15, 0.2) is 0 Å². The lowest BCUT2D eigenvalue weighted by Gasteiger charge is -2.26. The fourth-order valence-electron chi connectivity index (χ4n) is 0.604. The van der Waals surface area contributed by atoms with Crippen molar-refractivity contribution in [2.75, 3.05) is 13.1 Å². The minimum absolute atomic E-state index is 0. The zero-order valence-electron chi connectivity index (χ0n) is 5.20. The van der Waals surface area contributed by atoms with Gasteiger partial charge in [-0.3, -0.25) is 0 Å². The van der Waals surface area contributed by atoms with Crippen LogP contribution in [0, 0.1) is 0 Å². The van der Waals surface area contributed by atoms with Crippen molar-refractivity contribution in [2.45, 2.75) is 6.04 Å². The van der Waals surface area contributed by atoms with Crippen molar-refractivity contribution in [2.24, 2.45) is 5.14 Å². The normalized spacial score (nSPS) is 19.3. The largest absolute Gasteiger partial charge is 0.313 e. The summed E-state index contributed by atoms with van der Waals surface area (Å²) in [6.07, 6.45) is 0. The smallest absolute Gasteiger partial charge is 0.274 e. The number of nitrogens with two attached hydrogens (primary N) is 1. The Kier molecular flexibility index (Phi) is 3.54. The van der Waals surface area contributed by atoms with Crippen molar-refractivity contribution < 1.29 is 8.42 Å². The summed E-state index contributed by atoms with van der Waals surface area (Å²) in [5.74, 6) is 0. The van der Waals surface area contributed by atoms with Gasteiger partial charge < -0.3 is 5.32 Å². The van der Waals surface area contributed by atoms with Crippen LogP contribution in [-0.2, 0) is 10.2 Å². The van der Waals surface area contributed by atoms with Crippen molar-refractivity contribution >= 4 is 22.6 Å². The summed E-state index contributed by atoms with van der Waals surface area (Å²) in [5.41, 5.74) is 0. The Morgan fingerprint density at radius 1 is 1.50 bits per heavy atom. The van der Waals surface area contributed by atoms with E-state index in [4.69, 9.17) is 0 Å². The van der Waals surface area contributed by atoms with Crippen LogP contribution in [-0.4, -0.2) is 27.5 Å². The van der Waals surface area contributed by atoms with E-state index in [-0.39, 0.29) is 18.4 Å². The molecule has 0 atom stereocenters. The lowest BCUT2D eigenvalue weighted by molar-refractivity contribution is 0.410. The van der Waals surface area contributed by atoms with Gasteiger partial charge in [0.2, 0.25) is 0 Å². The van der Waals surface area contributed by atoms with Crippen molar-refractivity contribution in [3.63, 3.8) is 0 Å². The molecule has 62 valence electrons. The summed E-state index contributed by atoms with van der Waals surface area (Å²) in [4.78, 5) is 0. The highest BCUT2D eigenvalue weighted by Crippen LogP contribution is 1.90. The highest BCUT2D eigenvalue weighted by Gasteiger charge is 2.19. The SMILES string of the molecule is Cl.NS(=O)(=O)NC1CNC1. The number of hydrogen-bond acceptors (Lipinski definition) is 3. The van der Waals surface area contributed by atoms with Gasteiger partial charge in [-0.05, 0) is 0 Å². The van der Waals surface area contributed by atoms with E-state index < -0.39 is 10.2 Å². The Morgan fingerprint density at radius 3 is 2.10 bits per heavy atom. The Hall–Kier alpha value is 0.120. The van der Waals surface area contributed by atoms with Crippen LogP contribution in [0.1, 0.15) is 0 Å². The zero-order valence-corrected chi connectivity index (χ0v) is 6.83. The van der Waals surface area contributed by atoms with E-state index in [1.54, 1.807) is 0 Å². The van der Waals surface area contributed by atoms with Gasteiger partial charge in [0.1, 0.15) is 0 Å². The molecule has 1 rings (SSSR count). The van der Waals surface area contributed by atoms with E-state index >= 15 is 0 Å². The van der Waals surface area contributed by atoms with Crippen molar-refractivity contribution in [1.82, 2.24) is 10.0 Å². The number of hydrogen-bond donors (Lipinski definition) is 3. The van der Waals surface area contributed by atoms with Crippen LogP contribution >= 0.6 is 12.4 Å². The van der Waals surface area contributed by atoms with Crippen molar-refractivity contribution in [3.05, 3.63) is 0 Å². The lowest BCUT2D eigenvalue weighted by Crippen LogP contribution is -2.58. The predicted octanol–water partition coefficient (Wildman–Crippen LogP) is -1.83. The van der Waals surface area contributed by atoms with Gasteiger partial charge in [0, 0.05) is 19.1 Å². The lowest BCUT2D eigenvalue weighted by atomic mass is 10.2. The molecule has 0 bridgehead atoms. The molecular formula is C3H10ClN3O2S. The number of nitrogens with one attached hydrogen (secondary N) is 2. The topological polar surface area (TPSA) is 84.2 Å². The molecule has 4 N–H and O–H groups in total. The molecular weight excluding hydrogens is 178 g/mol. The number of halogens is 1. The van der Waals surface area contributed by atoms with E-state index in [0.717, 1.165) is 0 Å². The zero-order chi connectivity index (χ0) is 6.91. The molecule has 0 radical (unpaired) electrons. The van der Waals surface area contributed by atoms with Crippen LogP contribution in [0.4, 0.5) is 0 Å². The second-order valence-electron chi connectivity index (χ2n) is 2.02. The van der Waals surface area contributed by atoms with Crippen LogP contribution in [0.2, 0.25) is 0 Å². The van der Waals surface area contributed by atoms with E-state index in [0.29, 0.717) is 13.1 Å². The first-order valence-corrected chi connectivity index (χ1v) is 4.13. The Bertz CT molecular complexity index is 188. The van der Waals surface area contributed by atoms with E-state index in [1.807, 2.05) is 0 Å². The maximum Gasteiger partial charge on any atom is 0.274 e. The summed E-state index contributed by atoms with van der Waals surface area (Å²) in [6, 6.07) is -0.000000000000000444. The third-order valence-corrected chi connectivity index (χ3v) is 1.77. The second-order valence-corrected chi connectivity index (χ2v) is 3.34. The molecule has 1 aliphatic rings. The average Bonchev–Trinajstić information content (AvgIpc) is 1.53. The van der Waals surface area contributed by atoms with E-state index in [9.17, 15) is 8.42 Å². The molecule has 0 spiro atoms. The van der Waals surface area contributed by atoms with Gasteiger partial charge in [-0.15, -0.1) is 12.4 Å². The van der Waals surface area contributed by atoms with Crippen molar-refractivity contribution in [3.8, 4) is 0 Å². The molecule has 0 amide bonds. The van der Waals surface area contributed by atoms with Crippen LogP contribution in [0.25, 0.3) is 0 Å². The van der Waals surface area contributed by atoms with Gasteiger partial charge in [0.25, 0.3) is 10.2 Å². The molecule has 0 saturated carbocycles. The van der Waals surface area contributed by atoms with Crippen LogP contribution in [0.5, 0.6) is 0 Å². The highest BCUT2D eigenvalue weighted by molar-refractivity contribution is 7.87. The standard InChI is InChI=1S/C3H9N3O2S.ClH/c4-9(7,8)6-3-1-5-2-3;/h3,5-6H,1-2H2,(H2,4,7,8);1H. The minimum atomic E-state index is -3.47. The molecule has 7 heteroatoms. The average molecular weight is 188 g/mol. The highest BCUT2D eigenvalue weighted by atomic mass is 35.5. The summed E-state index contributed by atoms with van der Waals surface area (Å²) >= 11 is 0. The molecule has 5 nitrogen and oxygen atoms in total. The fourth-order valence-corrected chi connectivity index (χ4v) is 1.24. The van der Waals surface area contributed by atoms with Gasteiger partial charge in [-0.2, -0.15) is 13.1 Å². The third-order valence-electron chi connectivity index (χ3n) is 1.11. The fraction of sp³-hybridized carbons (Fsp3) is 1.00. The summed E-state index contributed by atoms with van der Waals surface area (Å²) in [6.45, 7) is 1.35. The molecule has 0 aliphatic carbocycles. The van der Waals surface area contributed by atoms with Gasteiger partial charge in [0.05, 0.1) is 0 Å². The van der Waals surface area contributed by atoms with Crippen LogP contribution < -0.4 is 15.2 Å². The first-order valence-electron chi connectivity index (χ1n) is 2.59. The van der Waals surface area contributed by atoms with Gasteiger partial charge in [-0.25, -0.2) is 5.14 Å². The molecule has 1 saturated heterocycles. The molecule has 1 fully saturated rings. The molecule has 0 aromatic rings. The molecule has 1 aliphatic heterocycles. The maximum absolute atomic E-state index is 10.3. The minimum Gasteiger partial charge on any atom is -0.313 e. The van der Waals surface area contributed by atoms with Crippen molar-refractivity contribution in [1.29, 1.82) is 0 Å². The molecule has 0 aromatic heterocycles. The van der Waals surface area contributed by atoms with E-state index in [2.05, 4.69) is 15.2 Å². The number of rotatable bonds is 2. The Morgan fingerprint density at radius 2 is 2.00 bits per heavy atom. The first-order chi connectivity index (χ1) is 4.08. The maximum atomic E-state index is 10.3. The monoisotopic (exact) mass is 187 g/mol. The van der Waals surface area contributed by atoms with Gasteiger partial charge in [0.15, 0.2) is 0 Å². The summed E-state index contributed by atoms with van der Waals surface area (Å²) < 4.78 is 22.8. The molecule has 1 heterocycles. The first kappa shape index (κ1) is 10.1. The predicted molar refractivity (Wildman–Crippen MR) is 40.1 cm³/mol. The van der Waals surface area contributed by atoms with E-state index in [1.165, 1.54) is 0 Å². The third kappa shape index (κ3) is 3.33. The molecule has 0 unspecified atom stereocenters. The summed E-state index contributed by atoms with van der Waals surface area (Å²) in [5, 5.41) is 7.58. The van der Waals surface area contributed by atoms with Crippen LogP contribution in [0.3, 0.4) is 0 Å². The second kappa shape index (κ2) is 3.49. The Labute approximate surface area is 66.0 Å². The quantitative estimate of drug-likeness (QED) is 0.476. The summed E-state index contributed by atoms with van der Waals surface area (Å²) in [7, 11) is -3.47. The molecule has 0 aromatic carbocycles. The van der Waals surface area contributed by atoms with Gasteiger partial charge >= 0.3 is 0 Å². The van der Waals surface area contributed by atoms with Gasteiger partial charge in [-0.1, -0.05) is 0 Å².